The molecule has 0 amide bonds. The molecular formula is C17H22ClN5O. The third-order valence-electron chi connectivity index (χ3n) is 5.96. The highest BCUT2D eigenvalue weighted by molar-refractivity contribution is 6.31. The summed E-state index contributed by atoms with van der Waals surface area (Å²) in [6.07, 6.45) is 7.90. The van der Waals surface area contributed by atoms with Crippen LogP contribution in [0.1, 0.15) is 55.5 Å². The molecule has 1 saturated heterocycles. The highest BCUT2D eigenvalue weighted by Gasteiger charge is 2.54. The van der Waals surface area contributed by atoms with Crippen molar-refractivity contribution in [3.05, 3.63) is 28.7 Å². The molecule has 0 bridgehead atoms. The molecule has 0 N–H and O–H groups in total. The maximum atomic E-state index is 6.29. The summed E-state index contributed by atoms with van der Waals surface area (Å²) in [5, 5.41) is 14.0. The normalized spacial score (nSPS) is 30.2. The van der Waals surface area contributed by atoms with E-state index in [0.717, 1.165) is 48.6 Å². The molecule has 1 aliphatic heterocycles. The fourth-order valence-corrected chi connectivity index (χ4v) is 4.86. The zero-order chi connectivity index (χ0) is 16.3. The zero-order valence-electron chi connectivity index (χ0n) is 13.9. The Kier molecular flexibility index (Phi) is 3.29. The first kappa shape index (κ1) is 14.9. The Labute approximate surface area is 146 Å². The van der Waals surface area contributed by atoms with Crippen molar-refractivity contribution >= 4 is 11.6 Å². The molecule has 2 aromatic rings. The van der Waals surface area contributed by atoms with Crippen LogP contribution in [0.4, 0.5) is 0 Å². The molecule has 3 heterocycles. The molecule has 0 unspecified atom stereocenters. The van der Waals surface area contributed by atoms with Crippen molar-refractivity contribution in [3.63, 3.8) is 0 Å². The standard InChI is InChI=1S/C17H22ClN5O/c1-22-8-13(18)14(21-22)9-23-7-12-3-2-6-17(12,10-23)16-20-19-15(24-16)11-4-5-11/h8,11-12H,2-7,9-10H2,1H3/t12-,17-/m0/s1. The molecule has 2 saturated carbocycles. The van der Waals surface area contributed by atoms with Gasteiger partial charge < -0.3 is 4.42 Å². The van der Waals surface area contributed by atoms with Gasteiger partial charge in [0.25, 0.3) is 0 Å². The molecule has 5 rings (SSSR count). The number of halogens is 1. The van der Waals surface area contributed by atoms with Crippen molar-refractivity contribution in [2.75, 3.05) is 13.1 Å². The van der Waals surface area contributed by atoms with Gasteiger partial charge in [-0.15, -0.1) is 10.2 Å². The number of aryl methyl sites for hydroxylation is 1. The van der Waals surface area contributed by atoms with Crippen molar-refractivity contribution in [1.82, 2.24) is 24.9 Å². The van der Waals surface area contributed by atoms with Gasteiger partial charge in [-0.2, -0.15) is 5.10 Å². The van der Waals surface area contributed by atoms with E-state index in [0.29, 0.717) is 11.8 Å². The third-order valence-corrected chi connectivity index (χ3v) is 6.28. The van der Waals surface area contributed by atoms with E-state index in [4.69, 9.17) is 16.0 Å². The largest absolute Gasteiger partial charge is 0.424 e. The van der Waals surface area contributed by atoms with Crippen molar-refractivity contribution in [2.24, 2.45) is 13.0 Å². The smallest absolute Gasteiger partial charge is 0.224 e. The summed E-state index contributed by atoms with van der Waals surface area (Å²) in [5.74, 6) is 2.86. The van der Waals surface area contributed by atoms with E-state index in [9.17, 15) is 0 Å². The van der Waals surface area contributed by atoms with E-state index in [1.165, 1.54) is 25.7 Å². The fourth-order valence-electron chi connectivity index (χ4n) is 4.62. The topological polar surface area (TPSA) is 60.0 Å². The van der Waals surface area contributed by atoms with Crippen LogP contribution in [0.2, 0.25) is 5.02 Å². The van der Waals surface area contributed by atoms with Gasteiger partial charge in [0, 0.05) is 38.8 Å². The van der Waals surface area contributed by atoms with Gasteiger partial charge in [0.2, 0.25) is 11.8 Å². The zero-order valence-corrected chi connectivity index (χ0v) is 14.7. The van der Waals surface area contributed by atoms with Crippen LogP contribution < -0.4 is 0 Å². The molecule has 2 atom stereocenters. The second-order valence-electron chi connectivity index (χ2n) is 7.73. The van der Waals surface area contributed by atoms with Gasteiger partial charge >= 0.3 is 0 Å². The van der Waals surface area contributed by atoms with Gasteiger partial charge in [0.1, 0.15) is 0 Å². The molecular weight excluding hydrogens is 326 g/mol. The molecule has 6 nitrogen and oxygen atoms in total. The number of nitrogens with zero attached hydrogens (tertiary/aromatic N) is 5. The van der Waals surface area contributed by atoms with E-state index < -0.39 is 0 Å². The van der Waals surface area contributed by atoms with Crippen LogP contribution in [0.5, 0.6) is 0 Å². The minimum Gasteiger partial charge on any atom is -0.424 e. The molecule has 24 heavy (non-hydrogen) atoms. The predicted molar refractivity (Wildman–Crippen MR) is 88.8 cm³/mol. The van der Waals surface area contributed by atoms with Crippen molar-refractivity contribution in [3.8, 4) is 0 Å². The van der Waals surface area contributed by atoms with Gasteiger partial charge in [-0.1, -0.05) is 18.0 Å². The Morgan fingerprint density at radius 1 is 1.33 bits per heavy atom. The van der Waals surface area contributed by atoms with Crippen LogP contribution in [0.15, 0.2) is 10.6 Å². The molecule has 3 aliphatic rings. The summed E-state index contributed by atoms with van der Waals surface area (Å²) in [6, 6.07) is 0. The van der Waals surface area contributed by atoms with Crippen molar-refractivity contribution in [1.29, 1.82) is 0 Å². The van der Waals surface area contributed by atoms with E-state index in [2.05, 4.69) is 20.2 Å². The van der Waals surface area contributed by atoms with Gasteiger partial charge in [-0.3, -0.25) is 9.58 Å². The first-order valence-corrected chi connectivity index (χ1v) is 9.26. The summed E-state index contributed by atoms with van der Waals surface area (Å²) in [5.41, 5.74) is 1.000. The molecule has 7 heteroatoms. The molecule has 2 aliphatic carbocycles. The molecule has 0 radical (unpaired) electrons. The third kappa shape index (κ3) is 2.30. The first-order chi connectivity index (χ1) is 11.6. The lowest BCUT2D eigenvalue weighted by Crippen LogP contribution is -2.32. The Bertz CT molecular complexity index is 767. The van der Waals surface area contributed by atoms with Crippen molar-refractivity contribution < 1.29 is 4.42 Å². The number of fused-ring (bicyclic) bond motifs is 1. The number of likely N-dealkylation sites (tertiary alicyclic amines) is 1. The molecule has 2 aromatic heterocycles. The molecule has 0 spiro atoms. The SMILES string of the molecule is Cn1cc(Cl)c(CN2C[C@@H]3CCC[C@]3(c3nnc(C4CC4)o3)C2)n1. The number of aromatic nitrogens is 4. The van der Waals surface area contributed by atoms with Gasteiger partial charge in [-0.05, 0) is 31.6 Å². The van der Waals surface area contributed by atoms with Gasteiger partial charge in [0.05, 0.1) is 16.1 Å². The summed E-state index contributed by atoms with van der Waals surface area (Å²) < 4.78 is 7.91. The highest BCUT2D eigenvalue weighted by Crippen LogP contribution is 2.51. The lowest BCUT2D eigenvalue weighted by molar-refractivity contribution is 0.261. The number of rotatable bonds is 4. The Morgan fingerprint density at radius 2 is 2.21 bits per heavy atom. The van der Waals surface area contributed by atoms with Crippen molar-refractivity contribution in [2.45, 2.75) is 50.0 Å². The second-order valence-corrected chi connectivity index (χ2v) is 8.14. The summed E-state index contributed by atoms with van der Waals surface area (Å²) in [6.45, 7) is 2.83. The van der Waals surface area contributed by atoms with Crippen LogP contribution in [-0.4, -0.2) is 38.0 Å². The Balaban J connectivity index is 1.39. The average Bonchev–Trinajstić information content (AvgIpc) is 2.88. The van der Waals surface area contributed by atoms with Crippen LogP contribution in [-0.2, 0) is 19.0 Å². The monoisotopic (exact) mass is 347 g/mol. The van der Waals surface area contributed by atoms with E-state index >= 15 is 0 Å². The van der Waals surface area contributed by atoms with Crippen LogP contribution in [0, 0.1) is 5.92 Å². The van der Waals surface area contributed by atoms with Crippen LogP contribution in [0.25, 0.3) is 0 Å². The lowest BCUT2D eigenvalue weighted by Gasteiger charge is -2.24. The highest BCUT2D eigenvalue weighted by atomic mass is 35.5. The Hall–Kier alpha value is -1.40. The predicted octanol–water partition coefficient (Wildman–Crippen LogP) is 2.89. The van der Waals surface area contributed by atoms with Gasteiger partial charge in [-0.25, -0.2) is 0 Å². The second kappa shape index (κ2) is 5.30. The Morgan fingerprint density at radius 3 is 2.96 bits per heavy atom. The molecule has 0 aromatic carbocycles. The summed E-state index contributed by atoms with van der Waals surface area (Å²) in [7, 11) is 1.91. The summed E-state index contributed by atoms with van der Waals surface area (Å²) >= 11 is 6.29. The number of hydrogen-bond acceptors (Lipinski definition) is 5. The minimum atomic E-state index is 0.0431. The maximum Gasteiger partial charge on any atom is 0.224 e. The minimum absolute atomic E-state index is 0.0431. The number of hydrogen-bond donors (Lipinski definition) is 0. The van der Waals surface area contributed by atoms with E-state index in [1.54, 1.807) is 4.68 Å². The van der Waals surface area contributed by atoms with Crippen LogP contribution in [0.3, 0.4) is 0 Å². The molecule has 3 fully saturated rings. The fraction of sp³-hybridized carbons (Fsp3) is 0.706. The maximum absolute atomic E-state index is 6.29. The van der Waals surface area contributed by atoms with Gasteiger partial charge in [0.15, 0.2) is 0 Å². The first-order valence-electron chi connectivity index (χ1n) is 8.88. The molecule has 128 valence electrons. The quantitative estimate of drug-likeness (QED) is 0.851. The van der Waals surface area contributed by atoms with E-state index in [1.807, 2.05) is 13.2 Å². The average molecular weight is 348 g/mol. The lowest BCUT2D eigenvalue weighted by atomic mass is 9.80. The van der Waals surface area contributed by atoms with E-state index in [-0.39, 0.29) is 5.41 Å². The summed E-state index contributed by atoms with van der Waals surface area (Å²) in [4.78, 5) is 2.46. The van der Waals surface area contributed by atoms with Crippen LogP contribution >= 0.6 is 11.6 Å².